The number of rotatable bonds is 5. The van der Waals surface area contributed by atoms with Crippen LogP contribution < -0.4 is 5.32 Å². The average molecular weight is 262 g/mol. The Balaban J connectivity index is 1.98. The Bertz CT molecular complexity index is 526. The fourth-order valence-electron chi connectivity index (χ4n) is 1.59. The van der Waals surface area contributed by atoms with Crippen molar-refractivity contribution < 1.29 is 9.90 Å². The summed E-state index contributed by atoms with van der Waals surface area (Å²) in [5.74, 6) is -0.997. The SMILES string of the molecule is CC(NCc1cccc(C(=O)O)n1)c1cccs1. The van der Waals surface area contributed by atoms with E-state index in [2.05, 4.69) is 23.3 Å². The maximum Gasteiger partial charge on any atom is 0.354 e. The molecule has 0 amide bonds. The van der Waals surface area contributed by atoms with Gasteiger partial charge in [-0.15, -0.1) is 11.3 Å². The topological polar surface area (TPSA) is 62.2 Å². The molecular formula is C13H14N2O2S. The standard InChI is InChI=1S/C13H14N2O2S/c1-9(12-6-3-7-18-12)14-8-10-4-2-5-11(15-10)13(16)17/h2-7,9,14H,8H2,1H3,(H,16,17). The van der Waals surface area contributed by atoms with E-state index in [1.54, 1.807) is 17.4 Å². The van der Waals surface area contributed by atoms with Gasteiger partial charge in [-0.25, -0.2) is 9.78 Å². The first-order valence-corrected chi connectivity index (χ1v) is 6.51. The van der Waals surface area contributed by atoms with Crippen LogP contribution in [0.1, 0.15) is 34.0 Å². The molecule has 5 heteroatoms. The minimum absolute atomic E-state index is 0.0816. The predicted molar refractivity (Wildman–Crippen MR) is 70.8 cm³/mol. The molecule has 2 rings (SSSR count). The molecule has 0 aromatic carbocycles. The zero-order valence-corrected chi connectivity index (χ0v) is 10.8. The summed E-state index contributed by atoms with van der Waals surface area (Å²) < 4.78 is 0. The zero-order valence-electron chi connectivity index (χ0n) is 9.96. The van der Waals surface area contributed by atoms with Gasteiger partial charge in [0.2, 0.25) is 0 Å². The third-order valence-corrected chi connectivity index (χ3v) is 3.64. The number of thiophene rings is 1. The highest BCUT2D eigenvalue weighted by Gasteiger charge is 2.08. The number of pyridine rings is 1. The van der Waals surface area contributed by atoms with Crippen LogP contribution in [-0.2, 0) is 6.54 Å². The van der Waals surface area contributed by atoms with E-state index in [9.17, 15) is 4.79 Å². The van der Waals surface area contributed by atoms with Crippen molar-refractivity contribution in [1.29, 1.82) is 0 Å². The average Bonchev–Trinajstić information content (AvgIpc) is 2.90. The molecule has 2 heterocycles. The Hall–Kier alpha value is -1.72. The summed E-state index contributed by atoms with van der Waals surface area (Å²) in [4.78, 5) is 16.1. The molecule has 0 aliphatic heterocycles. The molecule has 0 saturated heterocycles. The lowest BCUT2D eigenvalue weighted by Crippen LogP contribution is -2.18. The molecule has 0 fully saturated rings. The summed E-state index contributed by atoms with van der Waals surface area (Å²) in [5.41, 5.74) is 0.816. The second kappa shape index (κ2) is 5.75. The van der Waals surface area contributed by atoms with Crippen LogP contribution in [-0.4, -0.2) is 16.1 Å². The minimum Gasteiger partial charge on any atom is -0.477 e. The van der Waals surface area contributed by atoms with Gasteiger partial charge in [0.05, 0.1) is 5.69 Å². The second-order valence-electron chi connectivity index (χ2n) is 3.94. The Labute approximate surface area is 109 Å². The first-order chi connectivity index (χ1) is 8.66. The number of hydrogen-bond acceptors (Lipinski definition) is 4. The van der Waals surface area contributed by atoms with Crippen molar-refractivity contribution in [3.8, 4) is 0 Å². The van der Waals surface area contributed by atoms with E-state index in [0.717, 1.165) is 5.69 Å². The Morgan fingerprint density at radius 2 is 2.28 bits per heavy atom. The maximum atomic E-state index is 10.8. The highest BCUT2D eigenvalue weighted by atomic mass is 32.1. The molecule has 2 aromatic rings. The highest BCUT2D eigenvalue weighted by molar-refractivity contribution is 7.10. The third-order valence-electron chi connectivity index (χ3n) is 2.59. The van der Waals surface area contributed by atoms with Crippen molar-refractivity contribution in [2.75, 3.05) is 0 Å². The van der Waals surface area contributed by atoms with Crippen LogP contribution in [0.4, 0.5) is 0 Å². The third kappa shape index (κ3) is 3.15. The lowest BCUT2D eigenvalue weighted by molar-refractivity contribution is 0.0690. The maximum absolute atomic E-state index is 10.8. The van der Waals surface area contributed by atoms with Crippen molar-refractivity contribution in [3.05, 3.63) is 52.0 Å². The number of carbonyl (C=O) groups is 1. The molecule has 2 aromatic heterocycles. The lowest BCUT2D eigenvalue weighted by atomic mass is 10.2. The van der Waals surface area contributed by atoms with Gasteiger partial charge in [-0.2, -0.15) is 0 Å². The van der Waals surface area contributed by atoms with Crippen molar-refractivity contribution >= 4 is 17.3 Å². The van der Waals surface area contributed by atoms with Gasteiger partial charge in [-0.1, -0.05) is 12.1 Å². The number of aromatic carboxylic acids is 1. The Morgan fingerprint density at radius 1 is 1.44 bits per heavy atom. The molecule has 0 spiro atoms. The predicted octanol–water partition coefficient (Wildman–Crippen LogP) is 2.69. The molecule has 0 saturated carbocycles. The number of carboxylic acids is 1. The first kappa shape index (κ1) is 12.7. The molecule has 4 nitrogen and oxygen atoms in total. The van der Waals surface area contributed by atoms with Crippen LogP contribution in [0.25, 0.3) is 0 Å². The number of aromatic nitrogens is 1. The monoisotopic (exact) mass is 262 g/mol. The van der Waals surface area contributed by atoms with Crippen molar-refractivity contribution in [1.82, 2.24) is 10.3 Å². The van der Waals surface area contributed by atoms with E-state index in [1.165, 1.54) is 10.9 Å². The second-order valence-corrected chi connectivity index (χ2v) is 4.92. The van der Waals surface area contributed by atoms with E-state index < -0.39 is 5.97 Å². The van der Waals surface area contributed by atoms with Crippen LogP contribution >= 0.6 is 11.3 Å². The fraction of sp³-hybridized carbons (Fsp3) is 0.231. The molecule has 94 valence electrons. The van der Waals surface area contributed by atoms with Gasteiger partial charge in [0.15, 0.2) is 0 Å². The molecule has 0 radical (unpaired) electrons. The minimum atomic E-state index is -0.997. The van der Waals surface area contributed by atoms with Crippen molar-refractivity contribution in [2.45, 2.75) is 19.5 Å². The van der Waals surface area contributed by atoms with Crippen molar-refractivity contribution in [2.24, 2.45) is 0 Å². The van der Waals surface area contributed by atoms with E-state index >= 15 is 0 Å². The normalized spacial score (nSPS) is 12.3. The molecule has 0 bridgehead atoms. The molecular weight excluding hydrogens is 248 g/mol. The van der Waals surface area contributed by atoms with E-state index in [-0.39, 0.29) is 11.7 Å². The summed E-state index contributed by atoms with van der Waals surface area (Å²) in [6, 6.07) is 9.35. The molecule has 1 unspecified atom stereocenters. The van der Waals surface area contributed by atoms with Crippen LogP contribution in [0.2, 0.25) is 0 Å². The largest absolute Gasteiger partial charge is 0.477 e. The van der Waals surface area contributed by atoms with Gasteiger partial charge < -0.3 is 10.4 Å². The molecule has 2 N–H and O–H groups in total. The van der Waals surface area contributed by atoms with Gasteiger partial charge in [-0.3, -0.25) is 0 Å². The van der Waals surface area contributed by atoms with Crippen LogP contribution in [0.3, 0.4) is 0 Å². The van der Waals surface area contributed by atoms with Gasteiger partial charge in [0.1, 0.15) is 5.69 Å². The molecule has 0 aliphatic rings. The van der Waals surface area contributed by atoms with Gasteiger partial charge in [-0.05, 0) is 30.5 Å². The van der Waals surface area contributed by atoms with E-state index in [1.807, 2.05) is 17.5 Å². The van der Waals surface area contributed by atoms with Gasteiger partial charge in [0, 0.05) is 17.5 Å². The summed E-state index contributed by atoms with van der Waals surface area (Å²) in [5, 5.41) is 14.2. The zero-order chi connectivity index (χ0) is 13.0. The van der Waals surface area contributed by atoms with Gasteiger partial charge >= 0.3 is 5.97 Å². The smallest absolute Gasteiger partial charge is 0.354 e. The molecule has 18 heavy (non-hydrogen) atoms. The lowest BCUT2D eigenvalue weighted by Gasteiger charge is -2.11. The first-order valence-electron chi connectivity index (χ1n) is 5.63. The molecule has 1 atom stereocenters. The van der Waals surface area contributed by atoms with Crippen LogP contribution in [0, 0.1) is 0 Å². The number of nitrogens with one attached hydrogen (secondary N) is 1. The quantitative estimate of drug-likeness (QED) is 0.869. The Kier molecular flexibility index (Phi) is 4.07. The Morgan fingerprint density at radius 3 is 2.94 bits per heavy atom. The summed E-state index contributed by atoms with van der Waals surface area (Å²) >= 11 is 1.70. The fourth-order valence-corrected chi connectivity index (χ4v) is 2.35. The van der Waals surface area contributed by atoms with Crippen LogP contribution in [0.5, 0.6) is 0 Å². The summed E-state index contributed by atoms with van der Waals surface area (Å²) in [6.45, 7) is 2.63. The highest BCUT2D eigenvalue weighted by Crippen LogP contribution is 2.18. The van der Waals surface area contributed by atoms with Gasteiger partial charge in [0.25, 0.3) is 0 Å². The van der Waals surface area contributed by atoms with Crippen molar-refractivity contribution in [3.63, 3.8) is 0 Å². The van der Waals surface area contributed by atoms with E-state index in [0.29, 0.717) is 6.54 Å². The number of nitrogens with zero attached hydrogens (tertiary/aromatic N) is 1. The summed E-state index contributed by atoms with van der Waals surface area (Å²) in [6.07, 6.45) is 0. The van der Waals surface area contributed by atoms with E-state index in [4.69, 9.17) is 5.11 Å². The number of hydrogen-bond donors (Lipinski definition) is 2. The number of carboxylic acid groups (broad SMARTS) is 1. The summed E-state index contributed by atoms with van der Waals surface area (Å²) in [7, 11) is 0. The van der Waals surface area contributed by atoms with Crippen LogP contribution in [0.15, 0.2) is 35.7 Å². The molecule has 0 aliphatic carbocycles.